The smallest absolute Gasteiger partial charge is 0.320 e. The molecule has 0 unspecified atom stereocenters. The summed E-state index contributed by atoms with van der Waals surface area (Å²) in [5.74, 6) is -0.489. The predicted octanol–water partition coefficient (Wildman–Crippen LogP) is 1.34. The van der Waals surface area contributed by atoms with E-state index in [-0.39, 0.29) is 11.4 Å². The number of rotatable bonds is 6. The highest BCUT2D eigenvalue weighted by molar-refractivity contribution is 5.95. The van der Waals surface area contributed by atoms with E-state index in [1.807, 2.05) is 6.92 Å². The lowest BCUT2D eigenvalue weighted by atomic mass is 10.3. The summed E-state index contributed by atoms with van der Waals surface area (Å²) in [5.41, 5.74) is -0.367. The minimum Gasteiger partial charge on any atom is -0.350 e. The van der Waals surface area contributed by atoms with Crippen molar-refractivity contribution in [1.29, 1.82) is 0 Å². The number of aromatic nitrogens is 2. The molecule has 0 saturated carbocycles. The van der Waals surface area contributed by atoms with Gasteiger partial charge < -0.3 is 5.32 Å². The molecule has 7 heteroatoms. The number of hydrogen-bond donors (Lipinski definition) is 1. The molecule has 94 valence electrons. The summed E-state index contributed by atoms with van der Waals surface area (Å²) in [4.78, 5) is 21.9. The first-order valence-electron chi connectivity index (χ1n) is 5.60. The molecular weight excluding hydrogens is 224 g/mol. The highest BCUT2D eigenvalue weighted by Gasteiger charge is 2.24. The molecule has 0 bridgehead atoms. The van der Waals surface area contributed by atoms with Crippen LogP contribution < -0.4 is 5.32 Å². The molecular formula is C10H16N4O3. The molecule has 1 amide bonds. The number of nitrogens with zero attached hydrogens (tertiary/aromatic N) is 3. The van der Waals surface area contributed by atoms with Crippen LogP contribution in [0.4, 0.5) is 5.69 Å². The highest BCUT2D eigenvalue weighted by Crippen LogP contribution is 2.16. The van der Waals surface area contributed by atoms with Crippen LogP contribution in [-0.2, 0) is 6.54 Å². The largest absolute Gasteiger partial charge is 0.350 e. The summed E-state index contributed by atoms with van der Waals surface area (Å²) in [6.45, 7) is 4.80. The molecule has 0 aliphatic carbocycles. The number of amides is 1. The van der Waals surface area contributed by atoms with E-state index in [0.717, 1.165) is 12.8 Å². The van der Waals surface area contributed by atoms with Gasteiger partial charge in [0.25, 0.3) is 5.91 Å². The van der Waals surface area contributed by atoms with Gasteiger partial charge in [-0.25, -0.2) is 0 Å². The number of carbonyl (C=O) groups is 1. The van der Waals surface area contributed by atoms with Gasteiger partial charge in [-0.05, 0) is 13.3 Å². The Balaban J connectivity index is 2.84. The quantitative estimate of drug-likeness (QED) is 0.461. The summed E-state index contributed by atoms with van der Waals surface area (Å²) in [6, 6.07) is 0. The van der Waals surface area contributed by atoms with Crippen LogP contribution in [0.5, 0.6) is 0 Å². The van der Waals surface area contributed by atoms with Crippen LogP contribution in [0, 0.1) is 10.1 Å². The Kier molecular flexibility index (Phi) is 4.62. The average Bonchev–Trinajstić information content (AvgIpc) is 2.73. The van der Waals surface area contributed by atoms with Gasteiger partial charge >= 0.3 is 5.69 Å². The van der Waals surface area contributed by atoms with E-state index in [1.165, 1.54) is 10.9 Å². The van der Waals surface area contributed by atoms with E-state index in [0.29, 0.717) is 13.1 Å². The van der Waals surface area contributed by atoms with Crippen molar-refractivity contribution >= 4 is 11.6 Å². The van der Waals surface area contributed by atoms with Crippen molar-refractivity contribution in [1.82, 2.24) is 15.1 Å². The maximum Gasteiger partial charge on any atom is 0.320 e. The number of aryl methyl sites for hydroxylation is 1. The molecule has 1 aromatic rings. The second-order valence-electron chi connectivity index (χ2n) is 3.59. The fourth-order valence-corrected chi connectivity index (χ4v) is 1.33. The molecule has 1 N–H and O–H groups in total. The van der Waals surface area contributed by atoms with Gasteiger partial charge in [-0.3, -0.25) is 19.6 Å². The molecule has 0 saturated heterocycles. The van der Waals surface area contributed by atoms with Gasteiger partial charge in [0.15, 0.2) is 0 Å². The van der Waals surface area contributed by atoms with Gasteiger partial charge in [0.2, 0.25) is 5.69 Å². The molecule has 0 fully saturated rings. The van der Waals surface area contributed by atoms with Gasteiger partial charge in [-0.2, -0.15) is 5.10 Å². The molecule has 0 aliphatic heterocycles. The van der Waals surface area contributed by atoms with E-state index in [9.17, 15) is 14.9 Å². The van der Waals surface area contributed by atoms with Crippen LogP contribution in [0.2, 0.25) is 0 Å². The molecule has 17 heavy (non-hydrogen) atoms. The van der Waals surface area contributed by atoms with E-state index >= 15 is 0 Å². The van der Waals surface area contributed by atoms with Crippen molar-refractivity contribution in [3.8, 4) is 0 Å². The Bertz CT molecular complexity index is 414. The number of unbranched alkanes of at least 4 members (excludes halogenated alkanes) is 1. The number of nitrogens with one attached hydrogen (secondary N) is 1. The number of hydrogen-bond acceptors (Lipinski definition) is 4. The molecule has 0 radical (unpaired) electrons. The standard InChI is InChI=1S/C10H16N4O3/c1-3-5-6-11-10(15)9-8(14(16)17)7-13(4-2)12-9/h7H,3-6H2,1-2H3,(H,11,15). The fraction of sp³-hybridized carbons (Fsp3) is 0.600. The molecule has 0 atom stereocenters. The zero-order valence-electron chi connectivity index (χ0n) is 9.97. The molecule has 1 heterocycles. The van der Waals surface area contributed by atoms with Crippen LogP contribution in [0.25, 0.3) is 0 Å². The van der Waals surface area contributed by atoms with Crippen molar-refractivity contribution < 1.29 is 9.72 Å². The van der Waals surface area contributed by atoms with Gasteiger partial charge in [-0.1, -0.05) is 13.3 Å². The van der Waals surface area contributed by atoms with Gasteiger partial charge in [0.1, 0.15) is 6.20 Å². The van der Waals surface area contributed by atoms with Gasteiger partial charge in [0.05, 0.1) is 4.92 Å². The normalized spacial score (nSPS) is 10.2. The van der Waals surface area contributed by atoms with Crippen LogP contribution >= 0.6 is 0 Å². The first kappa shape index (κ1) is 13.1. The van der Waals surface area contributed by atoms with Crippen molar-refractivity contribution in [2.24, 2.45) is 0 Å². The summed E-state index contributed by atoms with van der Waals surface area (Å²) >= 11 is 0. The van der Waals surface area contributed by atoms with E-state index in [1.54, 1.807) is 6.92 Å². The minimum atomic E-state index is -0.589. The topological polar surface area (TPSA) is 90.1 Å². The lowest BCUT2D eigenvalue weighted by Gasteiger charge is -2.00. The summed E-state index contributed by atoms with van der Waals surface area (Å²) in [5, 5.41) is 17.3. The van der Waals surface area contributed by atoms with Crippen LogP contribution in [0.1, 0.15) is 37.2 Å². The van der Waals surface area contributed by atoms with Crippen LogP contribution in [-0.4, -0.2) is 27.2 Å². The number of nitro groups is 1. The average molecular weight is 240 g/mol. The van der Waals surface area contributed by atoms with Crippen molar-refractivity contribution in [2.75, 3.05) is 6.54 Å². The second-order valence-corrected chi connectivity index (χ2v) is 3.59. The predicted molar refractivity (Wildman–Crippen MR) is 61.8 cm³/mol. The minimum absolute atomic E-state index is 0.118. The lowest BCUT2D eigenvalue weighted by Crippen LogP contribution is -2.25. The zero-order valence-corrected chi connectivity index (χ0v) is 9.97. The molecule has 0 aliphatic rings. The fourth-order valence-electron chi connectivity index (χ4n) is 1.33. The maximum absolute atomic E-state index is 11.7. The summed E-state index contributed by atoms with van der Waals surface area (Å²) in [7, 11) is 0. The summed E-state index contributed by atoms with van der Waals surface area (Å²) in [6.07, 6.45) is 3.06. The lowest BCUT2D eigenvalue weighted by molar-refractivity contribution is -0.385. The van der Waals surface area contributed by atoms with Crippen molar-refractivity contribution in [3.63, 3.8) is 0 Å². The van der Waals surface area contributed by atoms with Crippen LogP contribution in [0.3, 0.4) is 0 Å². The van der Waals surface area contributed by atoms with E-state index in [4.69, 9.17) is 0 Å². The molecule has 7 nitrogen and oxygen atoms in total. The number of carbonyl (C=O) groups excluding carboxylic acids is 1. The monoisotopic (exact) mass is 240 g/mol. The Morgan fingerprint density at radius 1 is 1.59 bits per heavy atom. The molecule has 1 aromatic heterocycles. The van der Waals surface area contributed by atoms with E-state index in [2.05, 4.69) is 10.4 Å². The maximum atomic E-state index is 11.7. The third kappa shape index (κ3) is 3.27. The Hall–Kier alpha value is -1.92. The Morgan fingerprint density at radius 3 is 2.82 bits per heavy atom. The molecule has 0 spiro atoms. The molecule has 0 aromatic carbocycles. The van der Waals surface area contributed by atoms with Gasteiger partial charge in [-0.15, -0.1) is 0 Å². The van der Waals surface area contributed by atoms with Gasteiger partial charge in [0, 0.05) is 13.1 Å². The van der Waals surface area contributed by atoms with Crippen molar-refractivity contribution in [3.05, 3.63) is 22.0 Å². The highest BCUT2D eigenvalue weighted by atomic mass is 16.6. The summed E-state index contributed by atoms with van der Waals surface area (Å²) < 4.78 is 1.38. The first-order valence-corrected chi connectivity index (χ1v) is 5.60. The Labute approximate surface area is 99.0 Å². The zero-order chi connectivity index (χ0) is 12.8. The third-order valence-corrected chi connectivity index (χ3v) is 2.29. The van der Waals surface area contributed by atoms with Crippen LogP contribution in [0.15, 0.2) is 6.20 Å². The van der Waals surface area contributed by atoms with Crippen molar-refractivity contribution in [2.45, 2.75) is 33.2 Å². The SMILES string of the molecule is CCCCNC(=O)c1nn(CC)cc1[N+](=O)[O-]. The second kappa shape index (κ2) is 5.97. The first-order chi connectivity index (χ1) is 8.10. The Morgan fingerprint density at radius 2 is 2.29 bits per heavy atom. The van der Waals surface area contributed by atoms with E-state index < -0.39 is 10.8 Å². The molecule has 1 rings (SSSR count). The third-order valence-electron chi connectivity index (χ3n) is 2.29.